The van der Waals surface area contributed by atoms with Gasteiger partial charge in [0, 0.05) is 12.1 Å². The summed E-state index contributed by atoms with van der Waals surface area (Å²) in [6.07, 6.45) is 0.644. The molecule has 94 valence electrons. The highest BCUT2D eigenvalue weighted by molar-refractivity contribution is 5.73. The Labute approximate surface area is 98.2 Å². The van der Waals surface area contributed by atoms with Crippen LogP contribution in [0.5, 0.6) is 0 Å². The Hall–Kier alpha value is -1.69. The minimum absolute atomic E-state index is 0.0149. The van der Waals surface area contributed by atoms with Gasteiger partial charge in [0.1, 0.15) is 12.3 Å². The van der Waals surface area contributed by atoms with Crippen LogP contribution in [0.15, 0.2) is 12.1 Å². The molecular weight excluding hydrogens is 228 g/mol. The zero-order chi connectivity index (χ0) is 13.2. The van der Waals surface area contributed by atoms with Crippen LogP contribution in [0.4, 0.5) is 20.2 Å². The van der Waals surface area contributed by atoms with Crippen LogP contribution in [0.25, 0.3) is 0 Å². The van der Waals surface area contributed by atoms with E-state index in [0.29, 0.717) is 6.29 Å². The molecule has 1 rings (SSSR count). The number of nitrogen functional groups attached to an aromatic ring is 1. The summed E-state index contributed by atoms with van der Waals surface area (Å²) in [5.74, 6) is 3.52. The molecule has 0 fully saturated rings. The fourth-order valence-electron chi connectivity index (χ4n) is 1.48. The molecule has 1 unspecified atom stereocenters. The second-order valence-electron chi connectivity index (χ2n) is 4.10. The maximum atomic E-state index is 13.1. The summed E-state index contributed by atoms with van der Waals surface area (Å²) in [5.41, 5.74) is 5.62. The first-order valence-electron chi connectivity index (χ1n) is 5.12. The average molecular weight is 243 g/mol. The molecule has 0 heterocycles. The minimum Gasteiger partial charge on any atom is -0.397 e. The maximum absolute atomic E-state index is 13.1. The molecule has 0 radical (unpaired) electrons. The SMILES string of the molecule is CC(C)C(C=O)N(N)c1cc(F)c(F)cc1N. The molecule has 4 N–H and O–H groups in total. The summed E-state index contributed by atoms with van der Waals surface area (Å²) >= 11 is 0. The zero-order valence-corrected chi connectivity index (χ0v) is 9.65. The minimum atomic E-state index is -1.06. The first-order chi connectivity index (χ1) is 7.88. The molecule has 0 amide bonds. The van der Waals surface area contributed by atoms with E-state index in [4.69, 9.17) is 11.6 Å². The fourth-order valence-corrected chi connectivity index (χ4v) is 1.48. The number of hydrogen-bond donors (Lipinski definition) is 2. The lowest BCUT2D eigenvalue weighted by Gasteiger charge is -2.28. The molecule has 0 aromatic heterocycles. The molecule has 4 nitrogen and oxygen atoms in total. The van der Waals surface area contributed by atoms with Crippen LogP contribution in [0.2, 0.25) is 0 Å². The van der Waals surface area contributed by atoms with Gasteiger partial charge < -0.3 is 10.5 Å². The summed E-state index contributed by atoms with van der Waals surface area (Å²) in [5, 5.41) is 1.05. The van der Waals surface area contributed by atoms with Crippen LogP contribution < -0.4 is 16.6 Å². The van der Waals surface area contributed by atoms with E-state index >= 15 is 0 Å². The molecule has 1 aromatic carbocycles. The number of carbonyl (C=O) groups excluding carboxylic acids is 1. The zero-order valence-electron chi connectivity index (χ0n) is 9.65. The van der Waals surface area contributed by atoms with Crippen molar-refractivity contribution in [2.24, 2.45) is 11.8 Å². The Morgan fingerprint density at radius 3 is 2.29 bits per heavy atom. The van der Waals surface area contributed by atoms with Gasteiger partial charge in [-0.2, -0.15) is 0 Å². The Morgan fingerprint density at radius 2 is 1.82 bits per heavy atom. The summed E-state index contributed by atoms with van der Waals surface area (Å²) in [6.45, 7) is 3.57. The van der Waals surface area contributed by atoms with Crippen molar-refractivity contribution in [3.63, 3.8) is 0 Å². The van der Waals surface area contributed by atoms with E-state index in [0.717, 1.165) is 17.1 Å². The topological polar surface area (TPSA) is 72.3 Å². The molecule has 6 heteroatoms. The van der Waals surface area contributed by atoms with Crippen molar-refractivity contribution in [3.8, 4) is 0 Å². The molecular formula is C11H15F2N3O. The lowest BCUT2D eigenvalue weighted by molar-refractivity contribution is -0.109. The third-order valence-corrected chi connectivity index (χ3v) is 2.49. The van der Waals surface area contributed by atoms with Crippen molar-refractivity contribution in [1.29, 1.82) is 0 Å². The second kappa shape index (κ2) is 5.09. The molecule has 0 saturated carbocycles. The van der Waals surface area contributed by atoms with Crippen LogP contribution >= 0.6 is 0 Å². The molecule has 0 bridgehead atoms. The van der Waals surface area contributed by atoms with E-state index in [1.807, 2.05) is 0 Å². The molecule has 1 atom stereocenters. The van der Waals surface area contributed by atoms with Crippen molar-refractivity contribution in [2.75, 3.05) is 10.7 Å². The molecule has 1 aromatic rings. The maximum Gasteiger partial charge on any atom is 0.161 e. The van der Waals surface area contributed by atoms with Gasteiger partial charge in [0.2, 0.25) is 0 Å². The third kappa shape index (κ3) is 2.71. The van der Waals surface area contributed by atoms with Gasteiger partial charge in [0.25, 0.3) is 0 Å². The van der Waals surface area contributed by atoms with Gasteiger partial charge in [-0.15, -0.1) is 0 Å². The van der Waals surface area contributed by atoms with Gasteiger partial charge in [0.05, 0.1) is 11.4 Å². The molecule has 0 aliphatic heterocycles. The normalized spacial score (nSPS) is 12.6. The molecule has 0 spiro atoms. The smallest absolute Gasteiger partial charge is 0.161 e. The summed E-state index contributed by atoms with van der Waals surface area (Å²) in [6, 6.07) is 1.07. The molecule has 0 aliphatic rings. The predicted molar refractivity (Wildman–Crippen MR) is 62.1 cm³/mol. The largest absolute Gasteiger partial charge is 0.397 e. The van der Waals surface area contributed by atoms with Gasteiger partial charge in [-0.3, -0.25) is 5.01 Å². The van der Waals surface area contributed by atoms with E-state index in [2.05, 4.69) is 0 Å². The van der Waals surface area contributed by atoms with Crippen molar-refractivity contribution in [2.45, 2.75) is 19.9 Å². The highest BCUT2D eigenvalue weighted by Crippen LogP contribution is 2.26. The van der Waals surface area contributed by atoms with Gasteiger partial charge in [-0.25, -0.2) is 14.6 Å². The standard InChI is InChI=1S/C11H15F2N3O/c1-6(2)11(5-17)16(15)10-4-8(13)7(12)3-9(10)14/h3-6,11H,14-15H2,1-2H3. The van der Waals surface area contributed by atoms with Gasteiger partial charge in [-0.05, 0) is 5.92 Å². The van der Waals surface area contributed by atoms with Crippen molar-refractivity contribution in [3.05, 3.63) is 23.8 Å². The molecule has 0 saturated heterocycles. The number of benzene rings is 1. The average Bonchev–Trinajstić information content (AvgIpc) is 2.23. The van der Waals surface area contributed by atoms with Crippen LogP contribution in [0, 0.1) is 17.6 Å². The third-order valence-electron chi connectivity index (χ3n) is 2.49. The fraction of sp³-hybridized carbons (Fsp3) is 0.364. The lowest BCUT2D eigenvalue weighted by atomic mass is 10.0. The van der Waals surface area contributed by atoms with Crippen LogP contribution in [0.1, 0.15) is 13.8 Å². The summed E-state index contributed by atoms with van der Waals surface area (Å²) < 4.78 is 26.0. The van der Waals surface area contributed by atoms with Gasteiger partial charge in [-0.1, -0.05) is 13.8 Å². The van der Waals surface area contributed by atoms with Crippen molar-refractivity contribution < 1.29 is 13.6 Å². The van der Waals surface area contributed by atoms with Crippen LogP contribution in [0.3, 0.4) is 0 Å². The van der Waals surface area contributed by atoms with E-state index in [1.54, 1.807) is 13.8 Å². The highest BCUT2D eigenvalue weighted by atomic mass is 19.2. The van der Waals surface area contributed by atoms with Gasteiger partial charge >= 0.3 is 0 Å². The number of carbonyl (C=O) groups is 1. The monoisotopic (exact) mass is 243 g/mol. The highest BCUT2D eigenvalue weighted by Gasteiger charge is 2.22. The Bertz CT molecular complexity index is 423. The predicted octanol–water partition coefficient (Wildman–Crippen LogP) is 1.45. The summed E-state index contributed by atoms with van der Waals surface area (Å²) in [7, 11) is 0. The van der Waals surface area contributed by atoms with E-state index in [9.17, 15) is 13.6 Å². The number of anilines is 2. The first kappa shape index (κ1) is 13.4. The first-order valence-corrected chi connectivity index (χ1v) is 5.12. The molecule has 0 aliphatic carbocycles. The van der Waals surface area contributed by atoms with Crippen LogP contribution in [-0.4, -0.2) is 12.3 Å². The Kier molecular flexibility index (Phi) is 4.01. The van der Waals surface area contributed by atoms with Crippen LogP contribution in [-0.2, 0) is 4.79 Å². The Balaban J connectivity index is 3.15. The number of nitrogens with two attached hydrogens (primary N) is 2. The number of aldehydes is 1. The number of nitrogens with zero attached hydrogens (tertiary/aromatic N) is 1. The molecule has 17 heavy (non-hydrogen) atoms. The second-order valence-corrected chi connectivity index (χ2v) is 4.10. The van der Waals surface area contributed by atoms with E-state index in [-0.39, 0.29) is 17.3 Å². The lowest BCUT2D eigenvalue weighted by Crippen LogP contribution is -2.45. The number of rotatable bonds is 4. The summed E-state index contributed by atoms with van der Waals surface area (Å²) in [4.78, 5) is 10.9. The van der Waals surface area contributed by atoms with Crippen molar-refractivity contribution >= 4 is 17.7 Å². The number of hydrogen-bond acceptors (Lipinski definition) is 4. The van der Waals surface area contributed by atoms with E-state index < -0.39 is 17.7 Å². The quantitative estimate of drug-likeness (QED) is 0.363. The van der Waals surface area contributed by atoms with Gasteiger partial charge in [0.15, 0.2) is 11.6 Å². The van der Waals surface area contributed by atoms with E-state index in [1.165, 1.54) is 0 Å². The number of hydrazine groups is 1. The Morgan fingerprint density at radius 1 is 1.29 bits per heavy atom. The van der Waals surface area contributed by atoms with Crippen molar-refractivity contribution in [1.82, 2.24) is 0 Å². The number of halogens is 2.